The van der Waals surface area contributed by atoms with E-state index in [0.29, 0.717) is 5.56 Å². The maximum Gasteiger partial charge on any atom is 0.254 e. The molecule has 0 unspecified atom stereocenters. The highest BCUT2D eigenvalue weighted by atomic mass is 16.2. The number of hydrogen-bond acceptors (Lipinski definition) is 3. The highest BCUT2D eigenvalue weighted by molar-refractivity contribution is 5.97. The van der Waals surface area contributed by atoms with Gasteiger partial charge in [0.05, 0.1) is 11.6 Å². The maximum absolute atomic E-state index is 12.9. The van der Waals surface area contributed by atoms with Crippen molar-refractivity contribution in [3.8, 4) is 17.2 Å². The Balaban J connectivity index is 1.44. The van der Waals surface area contributed by atoms with Crippen molar-refractivity contribution >= 4 is 5.91 Å². The number of amides is 1. The van der Waals surface area contributed by atoms with E-state index in [1.807, 2.05) is 41.3 Å². The number of likely N-dealkylation sites (tertiary alicyclic amines) is 1. The maximum atomic E-state index is 12.9. The summed E-state index contributed by atoms with van der Waals surface area (Å²) in [4.78, 5) is 17.4. The van der Waals surface area contributed by atoms with Crippen LogP contribution in [0.1, 0.15) is 40.7 Å². The highest BCUT2D eigenvalue weighted by Gasteiger charge is 2.24. The molecule has 0 N–H and O–H groups in total. The molecular formula is C23H25N3O. The van der Waals surface area contributed by atoms with E-state index < -0.39 is 0 Å². The zero-order valence-corrected chi connectivity index (χ0v) is 15.7. The van der Waals surface area contributed by atoms with Crippen molar-refractivity contribution in [2.75, 3.05) is 32.7 Å². The summed E-state index contributed by atoms with van der Waals surface area (Å²) in [5, 5.41) is 9.10. The minimum absolute atomic E-state index is 0.162. The average Bonchev–Trinajstić information content (AvgIpc) is 3.23. The third-order valence-electron chi connectivity index (χ3n) is 5.70. The van der Waals surface area contributed by atoms with Gasteiger partial charge in [-0.25, -0.2) is 0 Å². The fourth-order valence-corrected chi connectivity index (χ4v) is 4.19. The minimum Gasteiger partial charge on any atom is -0.338 e. The van der Waals surface area contributed by atoms with Gasteiger partial charge in [-0.2, -0.15) is 5.26 Å². The normalized spacial score (nSPS) is 17.0. The molecule has 2 aliphatic heterocycles. The van der Waals surface area contributed by atoms with Gasteiger partial charge in [-0.1, -0.05) is 24.3 Å². The monoisotopic (exact) mass is 359 g/mol. The molecule has 4 nitrogen and oxygen atoms in total. The van der Waals surface area contributed by atoms with E-state index >= 15 is 0 Å². The van der Waals surface area contributed by atoms with Gasteiger partial charge >= 0.3 is 0 Å². The summed E-state index contributed by atoms with van der Waals surface area (Å²) < 4.78 is 0. The summed E-state index contributed by atoms with van der Waals surface area (Å²) in [6.45, 7) is 5.18. The lowest BCUT2D eigenvalue weighted by Crippen LogP contribution is -2.39. The second-order valence-corrected chi connectivity index (χ2v) is 7.51. The summed E-state index contributed by atoms with van der Waals surface area (Å²) in [5.74, 6) is 0.162. The fraction of sp³-hybridized carbons (Fsp3) is 0.391. The van der Waals surface area contributed by atoms with Gasteiger partial charge in [0.2, 0.25) is 0 Å². The molecular weight excluding hydrogens is 334 g/mol. The summed E-state index contributed by atoms with van der Waals surface area (Å²) in [6, 6.07) is 15.9. The van der Waals surface area contributed by atoms with Gasteiger partial charge in [0.25, 0.3) is 5.91 Å². The molecule has 0 saturated carbocycles. The van der Waals surface area contributed by atoms with Crippen molar-refractivity contribution in [2.24, 2.45) is 0 Å². The van der Waals surface area contributed by atoms with E-state index in [4.69, 9.17) is 5.26 Å². The number of nitrogens with zero attached hydrogens (tertiary/aromatic N) is 3. The molecule has 0 aromatic heterocycles. The molecule has 0 atom stereocenters. The quantitative estimate of drug-likeness (QED) is 0.818. The number of rotatable bonds is 5. The average molecular weight is 359 g/mol. The van der Waals surface area contributed by atoms with Crippen LogP contribution in [-0.4, -0.2) is 48.4 Å². The Morgan fingerprint density at radius 1 is 0.963 bits per heavy atom. The largest absolute Gasteiger partial charge is 0.338 e. The van der Waals surface area contributed by atoms with Crippen molar-refractivity contribution in [1.82, 2.24) is 9.80 Å². The van der Waals surface area contributed by atoms with Crippen LogP contribution in [0, 0.1) is 11.3 Å². The molecule has 2 aromatic carbocycles. The van der Waals surface area contributed by atoms with Crippen LogP contribution in [0.4, 0.5) is 0 Å². The van der Waals surface area contributed by atoms with Crippen molar-refractivity contribution in [3.05, 3.63) is 59.2 Å². The predicted octanol–water partition coefficient (Wildman–Crippen LogP) is 3.71. The van der Waals surface area contributed by atoms with Crippen LogP contribution in [-0.2, 0) is 6.42 Å². The van der Waals surface area contributed by atoms with Crippen LogP contribution in [0.5, 0.6) is 0 Å². The molecule has 138 valence electrons. The molecule has 4 rings (SSSR count). The second-order valence-electron chi connectivity index (χ2n) is 7.51. The summed E-state index contributed by atoms with van der Waals surface area (Å²) in [5.41, 5.74) is 4.71. The van der Waals surface area contributed by atoms with Crippen LogP contribution in [0.25, 0.3) is 11.1 Å². The standard InChI is InChI=1S/C23H25N3O/c24-17-18-5-3-6-19(15-18)20-7-8-22-21(16-20)9-14-26(23(22)27)13-4-12-25-10-1-2-11-25/h3,5-8,15-16H,1-2,4,9-14H2. The van der Waals surface area contributed by atoms with E-state index in [-0.39, 0.29) is 5.91 Å². The zero-order valence-electron chi connectivity index (χ0n) is 15.7. The topological polar surface area (TPSA) is 47.3 Å². The van der Waals surface area contributed by atoms with Gasteiger partial charge in [0.1, 0.15) is 0 Å². The lowest BCUT2D eigenvalue weighted by atomic mass is 9.93. The Kier molecular flexibility index (Phi) is 5.22. The third kappa shape index (κ3) is 3.89. The summed E-state index contributed by atoms with van der Waals surface area (Å²) in [7, 11) is 0. The second kappa shape index (κ2) is 7.94. The summed E-state index contributed by atoms with van der Waals surface area (Å²) >= 11 is 0. The lowest BCUT2D eigenvalue weighted by Gasteiger charge is -2.29. The highest BCUT2D eigenvalue weighted by Crippen LogP contribution is 2.27. The Morgan fingerprint density at radius 3 is 2.59 bits per heavy atom. The molecule has 0 bridgehead atoms. The van der Waals surface area contributed by atoms with Gasteiger partial charge in [0.15, 0.2) is 0 Å². The van der Waals surface area contributed by atoms with Crippen LogP contribution < -0.4 is 0 Å². The molecule has 1 fully saturated rings. The molecule has 1 saturated heterocycles. The number of benzene rings is 2. The first kappa shape index (κ1) is 17.8. The number of fused-ring (bicyclic) bond motifs is 1. The zero-order chi connectivity index (χ0) is 18.6. The van der Waals surface area contributed by atoms with E-state index in [2.05, 4.69) is 17.0 Å². The predicted molar refractivity (Wildman–Crippen MR) is 106 cm³/mol. The lowest BCUT2D eigenvalue weighted by molar-refractivity contribution is 0.0733. The van der Waals surface area contributed by atoms with Crippen molar-refractivity contribution in [1.29, 1.82) is 5.26 Å². The van der Waals surface area contributed by atoms with Gasteiger partial charge in [-0.3, -0.25) is 4.79 Å². The molecule has 2 aromatic rings. The Hall–Kier alpha value is -2.64. The molecule has 0 radical (unpaired) electrons. The molecule has 1 amide bonds. The first-order chi connectivity index (χ1) is 13.2. The van der Waals surface area contributed by atoms with Crippen LogP contribution in [0.3, 0.4) is 0 Å². The molecule has 0 aliphatic carbocycles. The van der Waals surface area contributed by atoms with Gasteiger partial charge < -0.3 is 9.80 Å². The van der Waals surface area contributed by atoms with E-state index in [9.17, 15) is 4.79 Å². The van der Waals surface area contributed by atoms with Crippen molar-refractivity contribution < 1.29 is 4.79 Å². The first-order valence-electron chi connectivity index (χ1n) is 9.90. The number of carbonyl (C=O) groups is 1. The molecule has 27 heavy (non-hydrogen) atoms. The van der Waals surface area contributed by atoms with Crippen LogP contribution in [0.2, 0.25) is 0 Å². The molecule has 2 heterocycles. The van der Waals surface area contributed by atoms with E-state index in [0.717, 1.165) is 54.7 Å². The number of nitriles is 1. The smallest absolute Gasteiger partial charge is 0.254 e. The minimum atomic E-state index is 0.162. The van der Waals surface area contributed by atoms with Crippen molar-refractivity contribution in [2.45, 2.75) is 25.7 Å². The fourth-order valence-electron chi connectivity index (χ4n) is 4.19. The first-order valence-corrected chi connectivity index (χ1v) is 9.90. The number of hydrogen-bond donors (Lipinski definition) is 0. The van der Waals surface area contributed by atoms with E-state index in [1.54, 1.807) is 0 Å². The van der Waals surface area contributed by atoms with Gasteiger partial charge in [0, 0.05) is 18.7 Å². The van der Waals surface area contributed by atoms with E-state index in [1.165, 1.54) is 25.9 Å². The Morgan fingerprint density at radius 2 is 1.78 bits per heavy atom. The number of carbonyl (C=O) groups excluding carboxylic acids is 1. The van der Waals surface area contributed by atoms with Gasteiger partial charge in [-0.15, -0.1) is 0 Å². The van der Waals surface area contributed by atoms with Crippen molar-refractivity contribution in [3.63, 3.8) is 0 Å². The molecule has 4 heteroatoms. The van der Waals surface area contributed by atoms with Crippen LogP contribution in [0.15, 0.2) is 42.5 Å². The molecule has 2 aliphatic rings. The third-order valence-corrected chi connectivity index (χ3v) is 5.70. The SMILES string of the molecule is N#Cc1cccc(-c2ccc3c(c2)CCN(CCCN2CCCC2)C3=O)c1. The van der Waals surface area contributed by atoms with Crippen LogP contribution >= 0.6 is 0 Å². The Bertz CT molecular complexity index is 877. The molecule has 0 spiro atoms. The van der Waals surface area contributed by atoms with Gasteiger partial charge in [-0.05, 0) is 80.2 Å². The summed E-state index contributed by atoms with van der Waals surface area (Å²) in [6.07, 6.45) is 4.59. The Labute approximate surface area is 161 Å².